The van der Waals surface area contributed by atoms with E-state index in [0.717, 1.165) is 9.52 Å². The molecule has 2 radical (unpaired) electrons. The molecule has 318 valence electrons. The van der Waals surface area contributed by atoms with Gasteiger partial charge in [-0.05, 0) is 59.8 Å². The summed E-state index contributed by atoms with van der Waals surface area (Å²) in [6, 6.07) is 54.6. The molecule has 0 aliphatic carbocycles. The van der Waals surface area contributed by atoms with Crippen LogP contribution in [0.1, 0.15) is 125 Å². The van der Waals surface area contributed by atoms with Gasteiger partial charge < -0.3 is 0 Å². The number of hydrogen-bond acceptors (Lipinski definition) is 0. The number of hydrogen-bond donors (Lipinski definition) is 0. The molecule has 0 N–H and O–H groups in total. The zero-order chi connectivity index (χ0) is 44.5. The number of aryl methyl sites for hydroxylation is 2. The summed E-state index contributed by atoms with van der Waals surface area (Å²) < 4.78 is 0. The van der Waals surface area contributed by atoms with Crippen molar-refractivity contribution in [1.82, 2.24) is 0 Å². The Bertz CT molecular complexity index is 2530. The average Bonchev–Trinajstić information content (AvgIpc) is 4.02. The van der Waals surface area contributed by atoms with Gasteiger partial charge in [-0.15, -0.1) is 74.6 Å². The van der Waals surface area contributed by atoms with E-state index in [1.807, 2.05) is 6.07 Å². The van der Waals surface area contributed by atoms with Gasteiger partial charge in [0.2, 0.25) is 0 Å². The van der Waals surface area contributed by atoms with Crippen LogP contribution in [0.15, 0.2) is 140 Å². The molecule has 0 spiro atoms. The van der Waals surface area contributed by atoms with Gasteiger partial charge >= 0.3 is 37.9 Å². The zero-order valence-electron chi connectivity index (χ0n) is 38.3. The maximum Gasteiger partial charge on any atom is 0.0920 e. The molecule has 0 amide bonds. The Morgan fingerprint density at radius 3 is 1.40 bits per heavy atom. The summed E-state index contributed by atoms with van der Waals surface area (Å²) in [6.45, 7) is 22.8. The van der Waals surface area contributed by atoms with E-state index in [1.54, 1.807) is 0 Å². The summed E-state index contributed by atoms with van der Waals surface area (Å²) in [5.74, 6) is 2.29. The van der Waals surface area contributed by atoms with Crippen LogP contribution in [-0.2, 0) is 20.8 Å². The van der Waals surface area contributed by atoms with Crippen LogP contribution in [0, 0.1) is 19.9 Å². The van der Waals surface area contributed by atoms with Gasteiger partial charge in [0, 0.05) is 0 Å². The molecule has 0 aromatic heterocycles. The van der Waals surface area contributed by atoms with Gasteiger partial charge in [-0.1, -0.05) is 174 Å². The van der Waals surface area contributed by atoms with Crippen molar-refractivity contribution in [2.45, 2.75) is 106 Å². The third kappa shape index (κ3) is 10.8. The predicted molar refractivity (Wildman–Crippen MR) is 272 cm³/mol. The summed E-state index contributed by atoms with van der Waals surface area (Å²) in [7, 11) is 10.7. The maximum atomic E-state index is 4.93. The fourth-order valence-corrected chi connectivity index (χ4v) is 9.99. The van der Waals surface area contributed by atoms with Crippen molar-refractivity contribution in [2.75, 3.05) is 0 Å². The van der Waals surface area contributed by atoms with Gasteiger partial charge in [-0.3, -0.25) is 0 Å². The van der Waals surface area contributed by atoms with Gasteiger partial charge in [-0.25, -0.2) is 0 Å². The second-order valence-electron chi connectivity index (χ2n) is 17.4. The molecule has 2 atom stereocenters. The standard InChI is InChI=1S/2C23H27.C12H7Si.2ClH.Zr/c2*1-6-16(4)19-13-18-11-12-20(15(2)3)23(22(18)14-19)21-10-8-7-9-17(21)5;1-3-7-11-9(5-1)10-6-2-4-8-12(10)13-11;;;/h2*7-16H,6H2,1-5H3;1-7H;2*1H;/q3*-1;;;+2/p-2. The molecule has 2 unspecified atom stereocenters. The molecule has 8 aromatic rings. The molecule has 1 heterocycles. The van der Waals surface area contributed by atoms with E-state index in [9.17, 15) is 0 Å². The minimum absolute atomic E-state index is 0.524. The number of halogens is 2. The molecule has 1 aliphatic heterocycles. The van der Waals surface area contributed by atoms with Crippen molar-refractivity contribution in [3.05, 3.63) is 179 Å². The Hall–Kier alpha value is -3.78. The first-order chi connectivity index (χ1) is 29.9. The topological polar surface area (TPSA) is 0 Å². The molecule has 0 nitrogen and oxygen atoms in total. The molecule has 0 saturated heterocycles. The van der Waals surface area contributed by atoms with Crippen LogP contribution in [0.25, 0.3) is 54.9 Å². The maximum absolute atomic E-state index is 4.93. The molecule has 0 fully saturated rings. The average molecular weight is 948 g/mol. The Balaban J connectivity index is 0.000000155. The van der Waals surface area contributed by atoms with E-state index >= 15 is 0 Å². The number of fused-ring (bicyclic) bond motifs is 5. The van der Waals surface area contributed by atoms with Gasteiger partial charge in [0.15, 0.2) is 0 Å². The van der Waals surface area contributed by atoms with Crippen molar-refractivity contribution in [3.63, 3.8) is 0 Å². The molecule has 4 heteroatoms. The van der Waals surface area contributed by atoms with Crippen LogP contribution in [0.4, 0.5) is 0 Å². The Morgan fingerprint density at radius 1 is 0.548 bits per heavy atom. The number of benzene rings is 6. The fraction of sp³-hybridized carbons (Fsp3) is 0.276. The van der Waals surface area contributed by atoms with E-state index in [4.69, 9.17) is 17.0 Å². The van der Waals surface area contributed by atoms with Crippen LogP contribution in [0.5, 0.6) is 0 Å². The molecular weight excluding hydrogens is 887 g/mol. The number of rotatable bonds is 8. The minimum atomic E-state index is -0.826. The summed E-state index contributed by atoms with van der Waals surface area (Å²) in [5.41, 5.74) is 16.9. The van der Waals surface area contributed by atoms with Crippen molar-refractivity contribution >= 4 is 58.5 Å². The largest absolute Gasteiger partial charge is 0.184 e. The summed E-state index contributed by atoms with van der Waals surface area (Å²) in [6.07, 6.45) is 2.38. The second-order valence-corrected chi connectivity index (χ2v) is 22.4. The van der Waals surface area contributed by atoms with Crippen molar-refractivity contribution in [2.24, 2.45) is 0 Å². The van der Waals surface area contributed by atoms with E-state index < -0.39 is 20.8 Å². The predicted octanol–water partition coefficient (Wildman–Crippen LogP) is 16.8. The molecule has 8 aromatic carbocycles. The Labute approximate surface area is 394 Å². The van der Waals surface area contributed by atoms with Crippen molar-refractivity contribution in [1.29, 1.82) is 0 Å². The first-order valence-corrected chi connectivity index (χ1v) is 29.7. The molecule has 1 aliphatic rings. The molecular formula is C58H61Cl2SiZr-3. The van der Waals surface area contributed by atoms with Crippen LogP contribution < -0.4 is 10.4 Å². The SMILES string of the molecule is CCC(C)c1cc2c(-c3ccccc3C)c(C(C)C)ccc2[cH-]1.CCC(C)c1cc2c(-c3ccccc3C)c(C(C)C)ccc2[cH-]1.[Cl][Zr][Cl].[c-]1cccc2c1[Si]c1ccccc1-2. The summed E-state index contributed by atoms with van der Waals surface area (Å²) >= 11 is -0.826. The molecule has 0 saturated carbocycles. The fourth-order valence-electron chi connectivity index (χ4n) is 8.68. The Kier molecular flexibility index (Phi) is 17.1. The van der Waals surface area contributed by atoms with Gasteiger partial charge in [0.1, 0.15) is 0 Å². The van der Waals surface area contributed by atoms with Crippen LogP contribution >= 0.6 is 17.0 Å². The van der Waals surface area contributed by atoms with E-state index in [-0.39, 0.29) is 0 Å². The van der Waals surface area contributed by atoms with Gasteiger partial charge in [0.25, 0.3) is 0 Å². The summed E-state index contributed by atoms with van der Waals surface area (Å²) in [5, 5.41) is 8.41. The minimum Gasteiger partial charge on any atom is -0.184 e. The van der Waals surface area contributed by atoms with Crippen molar-refractivity contribution in [3.8, 4) is 33.4 Å². The van der Waals surface area contributed by atoms with Crippen LogP contribution in [0.3, 0.4) is 0 Å². The van der Waals surface area contributed by atoms with Crippen molar-refractivity contribution < 1.29 is 20.8 Å². The first kappa shape index (κ1) is 47.7. The third-order valence-electron chi connectivity index (χ3n) is 12.7. The molecule has 0 bridgehead atoms. The van der Waals surface area contributed by atoms with Gasteiger partial charge in [0.05, 0.1) is 9.52 Å². The smallest absolute Gasteiger partial charge is 0.0920 e. The first-order valence-electron chi connectivity index (χ1n) is 22.3. The van der Waals surface area contributed by atoms with E-state index in [2.05, 4.69) is 209 Å². The van der Waals surface area contributed by atoms with Gasteiger partial charge in [-0.2, -0.15) is 41.6 Å². The van der Waals surface area contributed by atoms with E-state index in [0.29, 0.717) is 23.7 Å². The summed E-state index contributed by atoms with van der Waals surface area (Å²) in [4.78, 5) is 0. The monoisotopic (exact) mass is 945 g/mol. The third-order valence-corrected chi connectivity index (χ3v) is 14.0. The zero-order valence-corrected chi connectivity index (χ0v) is 43.2. The van der Waals surface area contributed by atoms with E-state index in [1.165, 1.54) is 112 Å². The molecule has 9 rings (SSSR count). The normalized spacial score (nSPS) is 12.4. The Morgan fingerprint density at radius 2 is 0.968 bits per heavy atom. The van der Waals surface area contributed by atoms with Crippen LogP contribution in [-0.4, -0.2) is 9.52 Å². The second kappa shape index (κ2) is 22.2. The molecule has 62 heavy (non-hydrogen) atoms. The quantitative estimate of drug-likeness (QED) is 0.105. The van der Waals surface area contributed by atoms with Crippen LogP contribution in [0.2, 0.25) is 0 Å².